The van der Waals surface area contributed by atoms with Crippen LogP contribution in [0.2, 0.25) is 0 Å². The number of aliphatic hydroxyl groups excluding tert-OH is 2. The first kappa shape index (κ1) is 88.6. The maximum atomic E-state index is 12.7. The van der Waals surface area contributed by atoms with Gasteiger partial charge in [0.05, 0.1) is 25.4 Å². The molecule has 24 heteroatoms. The van der Waals surface area contributed by atoms with Crippen molar-refractivity contribution in [1.29, 1.82) is 0 Å². The fourth-order valence-electron chi connectivity index (χ4n) is 11.5. The average molecular weight is 1660 g/mol. The first-order valence-corrected chi connectivity index (χ1v) is 42.0. The first-order valence-electron chi connectivity index (χ1n) is 33.9. The number of carbonyl (C=O) groups excluding carboxylic acids is 4. The molecule has 0 radical (unpaired) electrons. The molecule has 2 N–H and O–H groups in total. The molecule has 0 bridgehead atoms. The number of ether oxygens (including phenoxy) is 4. The van der Waals surface area contributed by atoms with E-state index in [1.165, 1.54) is 36.7 Å². The Morgan fingerprint density at radius 1 is 0.509 bits per heavy atom. The molecule has 108 heavy (non-hydrogen) atoms. The summed E-state index contributed by atoms with van der Waals surface area (Å²) in [5.41, 5.74) is -4.40. The third kappa shape index (κ3) is 27.4. The van der Waals surface area contributed by atoms with E-state index in [1.807, 2.05) is 66.7 Å². The second-order valence-electron chi connectivity index (χ2n) is 26.1. The quantitative estimate of drug-likeness (QED) is 0.0386. The Kier molecular flexibility index (Phi) is 35.9. The van der Waals surface area contributed by atoms with E-state index in [9.17, 15) is 51.0 Å². The van der Waals surface area contributed by atoms with Crippen molar-refractivity contribution in [3.05, 3.63) is 277 Å². The van der Waals surface area contributed by atoms with Gasteiger partial charge in [-0.3, -0.25) is 19.4 Å². The predicted molar refractivity (Wildman–Crippen MR) is 422 cm³/mol. The summed E-state index contributed by atoms with van der Waals surface area (Å²) in [5.74, 6) is 6.13. The fourth-order valence-corrected chi connectivity index (χ4v) is 16.7. The van der Waals surface area contributed by atoms with Crippen LogP contribution in [0.3, 0.4) is 0 Å². The SMILES string of the molecule is C.C#Cc1ccccc1.CC(C)(C)OC(=O)N1C[C@@H]2C=C(C#Cc3ccccc3)CCO[C@H]2[C@H]1C(=O)CO.CC(C)(C)OC(=O)N1C[C@@H]2C=C(OS(=O)(=O)C(F)(F)F)CCO[C@H]2[C@H]1C(=O)CO.[Cl][Pd][Cl].c1ccc(P(c2ccccc2)c2ccccc2)cc1.c1ccc(P(c2ccccc2)c2ccccc2)cc1. The van der Waals surface area contributed by atoms with Gasteiger partial charge in [-0.2, -0.15) is 21.6 Å². The van der Waals surface area contributed by atoms with E-state index in [0.29, 0.717) is 13.0 Å². The van der Waals surface area contributed by atoms with Gasteiger partial charge >= 0.3 is 62.8 Å². The first-order chi connectivity index (χ1) is 51.2. The van der Waals surface area contributed by atoms with Crippen LogP contribution >= 0.6 is 34.9 Å². The molecule has 2 amide bonds. The molecule has 12 rings (SSSR count). The van der Waals surface area contributed by atoms with Crippen molar-refractivity contribution in [3.63, 3.8) is 0 Å². The Morgan fingerprint density at radius 2 is 0.806 bits per heavy atom. The van der Waals surface area contributed by atoms with Gasteiger partial charge in [0.2, 0.25) is 0 Å². The molecule has 8 aromatic carbocycles. The number of aliphatic hydroxyl groups is 2. The molecule has 2 saturated heterocycles. The maximum Gasteiger partial charge on any atom is -0.0134 e. The minimum Gasteiger partial charge on any atom is -0.0622 e. The van der Waals surface area contributed by atoms with E-state index in [2.05, 4.69) is 204 Å². The number of likely N-dealkylation sites (tertiary alicyclic amines) is 2. The van der Waals surface area contributed by atoms with Gasteiger partial charge in [-0.1, -0.05) is 250 Å². The number of rotatable bonds is 12. The Morgan fingerprint density at radius 3 is 1.09 bits per heavy atom. The zero-order chi connectivity index (χ0) is 77.6. The summed E-state index contributed by atoms with van der Waals surface area (Å²) in [6.07, 6.45) is 5.58. The zero-order valence-corrected chi connectivity index (χ0v) is 65.4. The van der Waals surface area contributed by atoms with Gasteiger partial charge in [0.15, 0.2) is 11.6 Å². The van der Waals surface area contributed by atoms with Crippen molar-refractivity contribution < 1.29 is 90.1 Å². The Balaban J connectivity index is 0.000000217. The fraction of sp³-hybridized carbons (Fsp3) is 0.286. The maximum absolute atomic E-state index is 12.7. The van der Waals surface area contributed by atoms with Gasteiger partial charge in [-0.05, 0) is 120 Å². The molecule has 0 unspecified atom stereocenters. The second-order valence-corrected chi connectivity index (χ2v) is 34.4. The Hall–Kier alpha value is -8.28. The molecule has 574 valence electrons. The summed E-state index contributed by atoms with van der Waals surface area (Å²) in [7, 11) is 2.87. The number of fused-ring (bicyclic) bond motifs is 2. The van der Waals surface area contributed by atoms with Crippen LogP contribution in [0, 0.1) is 36.0 Å². The predicted octanol–water partition coefficient (Wildman–Crippen LogP) is 14.4. The number of terminal acetylenes is 1. The number of hydrogen-bond donors (Lipinski definition) is 2. The van der Waals surface area contributed by atoms with Crippen LogP contribution in [-0.4, -0.2) is 133 Å². The minimum absolute atomic E-state index is 0. The summed E-state index contributed by atoms with van der Waals surface area (Å²) < 4.78 is 86.7. The molecule has 0 aromatic heterocycles. The number of alkyl halides is 3. The van der Waals surface area contributed by atoms with E-state index in [0.717, 1.165) is 27.7 Å². The molecule has 4 aliphatic heterocycles. The normalized spacial score (nSPS) is 17.8. The number of ketones is 2. The number of hydrogen-bond acceptors (Lipinski definition) is 13. The Labute approximate surface area is 651 Å². The van der Waals surface area contributed by atoms with Crippen LogP contribution in [0.4, 0.5) is 22.8 Å². The molecule has 4 heterocycles. The average Bonchev–Trinajstić information content (AvgIpc) is 1.62. The smallest absolute Gasteiger partial charge is 0.0134 e. The van der Waals surface area contributed by atoms with Crippen molar-refractivity contribution in [2.75, 3.05) is 39.5 Å². The van der Waals surface area contributed by atoms with Crippen molar-refractivity contribution >= 4 is 101 Å². The van der Waals surface area contributed by atoms with E-state index in [-0.39, 0.29) is 55.4 Å². The summed E-state index contributed by atoms with van der Waals surface area (Å²) >= 11 is -0.106. The summed E-state index contributed by atoms with van der Waals surface area (Å²) in [6, 6.07) is 81.9. The Bertz CT molecular complexity index is 4080. The topological polar surface area (TPSA) is 196 Å². The van der Waals surface area contributed by atoms with Gasteiger partial charge in [0.1, 0.15) is 42.3 Å². The van der Waals surface area contributed by atoms with E-state index >= 15 is 0 Å². The van der Waals surface area contributed by atoms with Gasteiger partial charge in [0.25, 0.3) is 0 Å². The van der Waals surface area contributed by atoms with Gasteiger partial charge in [0, 0.05) is 54.5 Å². The standard InChI is InChI=1S/C23H27NO5.2C18H15P.C16H22F3NO8S.C8H6.CH4.2ClH.Pd/c1-23(2,3)29-22(27)24-14-18-13-17(10-9-16-7-5-4-6-8-16)11-12-28-21(18)20(24)19(26)15-25;2*1-4-10-16(11-5-1)19(17-12-6-2-7-13-17)18-14-8-3-9-15-18;1-15(2,3)27-14(23)20-7-9-6-10(28-29(24,25)16(17,18)19)4-5-26-13(9)12(20)11(22)8-21;1-2-8-6-4-3-5-7-8;;;;/h4-8,13,18,20-21,25H,11-12,14-15H2,1-3H3;2*1-15H;6,9,12-13,21H,4-5,7-8H2,1-3H3;1,3-7H;1H4;2*1H;/q;;;;;;;;+2/p-2/t18-,20+,21+;;;9-,12+,13+;;;;;/m0..0...../s1. The van der Waals surface area contributed by atoms with E-state index in [1.54, 1.807) is 41.5 Å². The molecule has 8 aromatic rings. The summed E-state index contributed by atoms with van der Waals surface area (Å²) in [5, 5.41) is 27.1. The van der Waals surface area contributed by atoms with Crippen LogP contribution in [-0.2, 0) is 58.8 Å². The monoisotopic (exact) mass is 1660 g/mol. The summed E-state index contributed by atoms with van der Waals surface area (Å²) in [6.45, 7) is 8.81. The third-order valence-electron chi connectivity index (χ3n) is 16.0. The third-order valence-corrected chi connectivity index (χ3v) is 21.9. The molecule has 0 saturated carbocycles. The number of Topliss-reactive ketones (excluding diaryl/α,β-unsaturated/α-hetero) is 2. The molecule has 4 aliphatic rings. The summed E-state index contributed by atoms with van der Waals surface area (Å²) in [4.78, 5) is 52.2. The second kappa shape index (κ2) is 43.8. The molecule has 0 aliphatic carbocycles. The minimum atomic E-state index is -5.87. The number of carbonyl (C=O) groups is 4. The van der Waals surface area contributed by atoms with E-state index in [4.69, 9.17) is 44.4 Å². The van der Waals surface area contributed by atoms with Crippen LogP contribution in [0.5, 0.6) is 0 Å². The molecular weight excluding hydrogens is 1570 g/mol. The van der Waals surface area contributed by atoms with Crippen molar-refractivity contribution in [3.8, 4) is 24.2 Å². The van der Waals surface area contributed by atoms with Crippen LogP contribution in [0.1, 0.15) is 72.9 Å². The largest absolute Gasteiger partial charge is 0.0622 e. The number of halogens is 5. The zero-order valence-electron chi connectivity index (χ0n) is 59.7. The number of nitrogens with zero attached hydrogens (tertiary/aromatic N) is 2. The van der Waals surface area contributed by atoms with Crippen molar-refractivity contribution in [2.45, 2.75) is 103 Å². The van der Waals surface area contributed by atoms with Crippen LogP contribution < -0.4 is 31.8 Å². The van der Waals surface area contributed by atoms with Crippen LogP contribution in [0.25, 0.3) is 0 Å². The molecule has 0 spiro atoms. The van der Waals surface area contributed by atoms with Crippen LogP contribution in [0.15, 0.2) is 266 Å². The molecule has 2 fully saturated rings. The van der Waals surface area contributed by atoms with Gasteiger partial charge < -0.3 is 33.3 Å². The number of benzene rings is 8. The van der Waals surface area contributed by atoms with Gasteiger partial charge in [-0.15, -0.1) is 6.42 Å². The molecule has 15 nitrogen and oxygen atoms in total. The van der Waals surface area contributed by atoms with E-state index < -0.39 is 116 Å². The van der Waals surface area contributed by atoms with Crippen molar-refractivity contribution in [1.82, 2.24) is 9.80 Å². The molecule has 6 atom stereocenters. The van der Waals surface area contributed by atoms with Crippen molar-refractivity contribution in [2.24, 2.45) is 11.8 Å². The molecular formula is C84H89Cl2F3N2O13P2PdS. The number of amides is 2. The van der Waals surface area contributed by atoms with Gasteiger partial charge in [-0.25, -0.2) is 9.59 Å².